The lowest BCUT2D eigenvalue weighted by molar-refractivity contribution is 1.21. The van der Waals surface area contributed by atoms with E-state index in [1.54, 1.807) is 0 Å². The molecule has 0 amide bonds. The monoisotopic (exact) mass is 132 g/mol. The molecule has 50 valence electrons. The van der Waals surface area contributed by atoms with Crippen molar-refractivity contribution in [3.05, 3.63) is 35.6 Å². The molecule has 0 saturated carbocycles. The molecule has 0 spiro atoms. The quantitative estimate of drug-likeness (QED) is 0.527. The van der Waals surface area contributed by atoms with Gasteiger partial charge in [-0.15, -0.1) is 0 Å². The Morgan fingerprint density at radius 1 is 1.50 bits per heavy atom. The summed E-state index contributed by atoms with van der Waals surface area (Å²) in [6, 6.07) is 0. The highest BCUT2D eigenvalue weighted by Gasteiger charge is 2.10. The molecule has 0 aromatic heterocycles. The van der Waals surface area contributed by atoms with E-state index < -0.39 is 0 Å². The number of amidine groups is 1. The number of aliphatic imine (C=N–C) groups is 1. The van der Waals surface area contributed by atoms with Crippen LogP contribution < -0.4 is 5.73 Å². The van der Waals surface area contributed by atoms with E-state index in [1.807, 2.05) is 18.4 Å². The molecule has 10 heavy (non-hydrogen) atoms. The van der Waals surface area contributed by atoms with Crippen molar-refractivity contribution in [1.29, 1.82) is 0 Å². The summed E-state index contributed by atoms with van der Waals surface area (Å²) in [6.45, 7) is 0. The molecule has 2 aliphatic rings. The van der Waals surface area contributed by atoms with E-state index in [1.165, 1.54) is 11.1 Å². The Hall–Kier alpha value is -1.31. The van der Waals surface area contributed by atoms with Crippen LogP contribution in [0.15, 0.2) is 40.6 Å². The highest BCUT2D eigenvalue weighted by Crippen LogP contribution is 2.23. The first-order valence-corrected chi connectivity index (χ1v) is 3.26. The summed E-state index contributed by atoms with van der Waals surface area (Å²) in [6.07, 6.45) is 8.76. The van der Waals surface area contributed by atoms with Gasteiger partial charge in [0.25, 0.3) is 0 Å². The molecule has 0 saturated heterocycles. The van der Waals surface area contributed by atoms with Gasteiger partial charge in [-0.3, -0.25) is 0 Å². The topological polar surface area (TPSA) is 38.4 Å². The van der Waals surface area contributed by atoms with Gasteiger partial charge < -0.3 is 5.73 Å². The Morgan fingerprint density at radius 3 is 3.30 bits per heavy atom. The Bertz CT molecular complexity index is 280. The van der Waals surface area contributed by atoms with E-state index in [-0.39, 0.29) is 0 Å². The first-order chi connectivity index (χ1) is 4.86. The van der Waals surface area contributed by atoms with Crippen molar-refractivity contribution in [2.75, 3.05) is 0 Å². The Labute approximate surface area is 59.4 Å². The summed E-state index contributed by atoms with van der Waals surface area (Å²) in [5, 5.41) is 0. The first-order valence-electron chi connectivity index (χ1n) is 3.26. The Morgan fingerprint density at radius 2 is 2.40 bits per heavy atom. The summed E-state index contributed by atoms with van der Waals surface area (Å²) in [5.41, 5.74) is 8.02. The molecule has 0 aromatic rings. The third-order valence-electron chi connectivity index (χ3n) is 1.69. The Kier molecular flexibility index (Phi) is 1.01. The maximum atomic E-state index is 5.53. The minimum Gasteiger partial charge on any atom is -0.387 e. The minimum absolute atomic E-state index is 0.707. The van der Waals surface area contributed by atoms with Gasteiger partial charge >= 0.3 is 0 Å². The van der Waals surface area contributed by atoms with E-state index in [2.05, 4.69) is 11.1 Å². The molecular formula is C8H8N2. The average Bonchev–Trinajstić information content (AvgIpc) is 2.33. The van der Waals surface area contributed by atoms with Gasteiger partial charge in [0.2, 0.25) is 0 Å². The van der Waals surface area contributed by atoms with E-state index in [0.29, 0.717) is 5.84 Å². The number of nitrogens with zero attached hydrogens (tertiary/aromatic N) is 1. The number of hydrogen-bond acceptors (Lipinski definition) is 2. The third kappa shape index (κ3) is 0.692. The van der Waals surface area contributed by atoms with Crippen molar-refractivity contribution in [2.45, 2.75) is 6.42 Å². The first kappa shape index (κ1) is 5.47. The molecule has 2 N–H and O–H groups in total. The zero-order valence-corrected chi connectivity index (χ0v) is 5.54. The molecule has 0 bridgehead atoms. The lowest BCUT2D eigenvalue weighted by Gasteiger charge is -2.07. The van der Waals surface area contributed by atoms with Crippen molar-refractivity contribution < 1.29 is 0 Å². The van der Waals surface area contributed by atoms with Crippen molar-refractivity contribution in [2.24, 2.45) is 10.7 Å². The molecular weight excluding hydrogens is 124 g/mol. The summed E-state index contributed by atoms with van der Waals surface area (Å²) < 4.78 is 0. The molecule has 2 heteroatoms. The van der Waals surface area contributed by atoms with Gasteiger partial charge in [-0.2, -0.15) is 0 Å². The van der Waals surface area contributed by atoms with Gasteiger partial charge in [0.1, 0.15) is 5.84 Å². The number of rotatable bonds is 0. The average molecular weight is 132 g/mol. The van der Waals surface area contributed by atoms with Gasteiger partial charge in [-0.25, -0.2) is 4.99 Å². The van der Waals surface area contributed by atoms with E-state index in [4.69, 9.17) is 5.73 Å². The number of hydrogen-bond donors (Lipinski definition) is 1. The summed E-state index contributed by atoms with van der Waals surface area (Å²) in [7, 11) is 0. The predicted octanol–water partition coefficient (Wildman–Crippen LogP) is 1.13. The van der Waals surface area contributed by atoms with Crippen LogP contribution in [0.3, 0.4) is 0 Å². The molecule has 2 nitrogen and oxygen atoms in total. The number of fused-ring (bicyclic) bond motifs is 1. The van der Waals surface area contributed by atoms with Crippen LogP contribution in [-0.4, -0.2) is 5.84 Å². The maximum absolute atomic E-state index is 5.53. The van der Waals surface area contributed by atoms with E-state index >= 15 is 0 Å². The largest absolute Gasteiger partial charge is 0.387 e. The normalized spacial score (nSPS) is 21.4. The second kappa shape index (κ2) is 1.84. The fraction of sp³-hybridized carbons (Fsp3) is 0.125. The molecule has 2 rings (SSSR count). The molecule has 0 unspecified atom stereocenters. The van der Waals surface area contributed by atoms with Crippen LogP contribution in [-0.2, 0) is 0 Å². The van der Waals surface area contributed by atoms with Crippen molar-refractivity contribution in [3.8, 4) is 0 Å². The summed E-state index contributed by atoms with van der Waals surface area (Å²) in [5.74, 6) is 0.707. The Balaban J connectivity index is 2.42. The van der Waals surface area contributed by atoms with Crippen LogP contribution in [0.25, 0.3) is 0 Å². The van der Waals surface area contributed by atoms with Crippen LogP contribution in [0.5, 0.6) is 0 Å². The second-order valence-electron chi connectivity index (χ2n) is 2.43. The molecule has 0 aromatic carbocycles. The van der Waals surface area contributed by atoms with Gasteiger partial charge in [0, 0.05) is 12.6 Å². The van der Waals surface area contributed by atoms with Crippen LogP contribution >= 0.6 is 0 Å². The fourth-order valence-electron chi connectivity index (χ4n) is 1.15. The highest BCUT2D eigenvalue weighted by atomic mass is 14.8. The fourth-order valence-corrected chi connectivity index (χ4v) is 1.15. The van der Waals surface area contributed by atoms with E-state index in [0.717, 1.165) is 6.42 Å². The lowest BCUT2D eigenvalue weighted by Crippen LogP contribution is -2.14. The van der Waals surface area contributed by atoms with Crippen molar-refractivity contribution in [3.63, 3.8) is 0 Å². The molecule has 1 aliphatic heterocycles. The van der Waals surface area contributed by atoms with Crippen LogP contribution in [0.2, 0.25) is 0 Å². The molecule has 0 radical (unpaired) electrons. The van der Waals surface area contributed by atoms with Crippen LogP contribution in [0.1, 0.15) is 6.42 Å². The molecule has 1 aliphatic carbocycles. The number of nitrogens with two attached hydrogens (primary N) is 1. The SMILES string of the molecule is NC1=NC=C2C=CC=C2C1. The van der Waals surface area contributed by atoms with Gasteiger partial charge in [0.15, 0.2) is 0 Å². The zero-order valence-electron chi connectivity index (χ0n) is 5.54. The summed E-state index contributed by atoms with van der Waals surface area (Å²) in [4.78, 5) is 4.01. The van der Waals surface area contributed by atoms with Gasteiger partial charge in [-0.05, 0) is 11.1 Å². The predicted molar refractivity (Wildman–Crippen MR) is 41.5 cm³/mol. The molecule has 0 fully saturated rings. The highest BCUT2D eigenvalue weighted by molar-refractivity contribution is 5.86. The number of allylic oxidation sites excluding steroid dienone is 4. The zero-order chi connectivity index (χ0) is 6.97. The standard InChI is InChI=1S/C8H8N2/c9-8-4-6-2-1-3-7(6)5-10-8/h1-3,5H,4H2,(H2,9,10). The minimum atomic E-state index is 0.707. The molecule has 1 heterocycles. The summed E-state index contributed by atoms with van der Waals surface area (Å²) >= 11 is 0. The van der Waals surface area contributed by atoms with Crippen LogP contribution in [0.4, 0.5) is 0 Å². The van der Waals surface area contributed by atoms with Crippen molar-refractivity contribution in [1.82, 2.24) is 0 Å². The van der Waals surface area contributed by atoms with E-state index in [9.17, 15) is 0 Å². The lowest BCUT2D eigenvalue weighted by atomic mass is 10.1. The second-order valence-corrected chi connectivity index (χ2v) is 2.43. The van der Waals surface area contributed by atoms with Crippen molar-refractivity contribution >= 4 is 5.84 Å². The van der Waals surface area contributed by atoms with Gasteiger partial charge in [0.05, 0.1) is 0 Å². The van der Waals surface area contributed by atoms with Gasteiger partial charge in [-0.1, -0.05) is 18.2 Å². The smallest absolute Gasteiger partial charge is 0.103 e. The molecule has 0 atom stereocenters. The maximum Gasteiger partial charge on any atom is 0.103 e. The van der Waals surface area contributed by atoms with Crippen LogP contribution in [0, 0.1) is 0 Å². The third-order valence-corrected chi connectivity index (χ3v) is 1.69.